The lowest BCUT2D eigenvalue weighted by Gasteiger charge is -2.42. The van der Waals surface area contributed by atoms with Crippen LogP contribution in [0.5, 0.6) is 0 Å². The van der Waals surface area contributed by atoms with Crippen molar-refractivity contribution in [3.63, 3.8) is 0 Å². The molecule has 3 fully saturated rings. The van der Waals surface area contributed by atoms with Gasteiger partial charge in [-0.3, -0.25) is 0 Å². The van der Waals surface area contributed by atoms with E-state index in [4.69, 9.17) is 0 Å². The van der Waals surface area contributed by atoms with Crippen LogP contribution in [-0.2, 0) is 6.54 Å². The van der Waals surface area contributed by atoms with Gasteiger partial charge in [0.05, 0.1) is 6.20 Å². The Balaban J connectivity index is 1.39. The molecule has 9 heteroatoms. The first kappa shape index (κ1) is 20.5. The first-order valence-electron chi connectivity index (χ1n) is 11.0. The molecule has 2 bridgehead atoms. The Bertz CT molecular complexity index is 811. The first-order valence-corrected chi connectivity index (χ1v) is 11.0. The van der Waals surface area contributed by atoms with Crippen LogP contribution in [0, 0.1) is 23.7 Å². The average molecular weight is 432 g/mol. The van der Waals surface area contributed by atoms with E-state index >= 15 is 0 Å². The van der Waals surface area contributed by atoms with E-state index < -0.39 is 30.6 Å². The fraction of sp³-hybridized carbons (Fsp3) is 0.857. The topological polar surface area (TPSA) is 41.9 Å². The molecule has 2 N–H and O–H groups in total. The van der Waals surface area contributed by atoms with Crippen LogP contribution in [-0.4, -0.2) is 33.5 Å². The summed E-state index contributed by atoms with van der Waals surface area (Å²) < 4.78 is 69.5. The Morgan fingerprint density at radius 3 is 2.60 bits per heavy atom. The van der Waals surface area contributed by atoms with E-state index in [-0.39, 0.29) is 11.4 Å². The molecule has 168 valence electrons. The zero-order valence-corrected chi connectivity index (χ0v) is 17.3. The van der Waals surface area contributed by atoms with Crippen LogP contribution >= 0.6 is 0 Å². The van der Waals surface area contributed by atoms with Crippen LogP contribution in [0.1, 0.15) is 64.0 Å². The first-order chi connectivity index (χ1) is 14.0. The maximum atomic E-state index is 14.1. The second-order valence-electron chi connectivity index (χ2n) is 10.4. The number of alkyl halides is 5. The molecule has 3 saturated carbocycles. The summed E-state index contributed by atoms with van der Waals surface area (Å²) in [7, 11) is 0. The zero-order chi connectivity index (χ0) is 21.5. The Morgan fingerprint density at radius 1 is 1.13 bits per heavy atom. The van der Waals surface area contributed by atoms with Crippen molar-refractivity contribution >= 4 is 5.82 Å². The van der Waals surface area contributed by atoms with Gasteiger partial charge in [0.15, 0.2) is 0 Å². The SMILES string of the molecule is CC1CC2CC3CC(NCc4cnn5c4NC(C(F)(F)F)CC5C(C)(F)F)(C1)CC23. The van der Waals surface area contributed by atoms with Gasteiger partial charge in [0.2, 0.25) is 0 Å². The summed E-state index contributed by atoms with van der Waals surface area (Å²) in [5.41, 5.74) is 0.529. The number of halogens is 5. The van der Waals surface area contributed by atoms with Gasteiger partial charge < -0.3 is 10.6 Å². The van der Waals surface area contributed by atoms with Crippen LogP contribution < -0.4 is 10.6 Å². The molecule has 4 aliphatic rings. The van der Waals surface area contributed by atoms with Crippen LogP contribution in [0.25, 0.3) is 0 Å². The van der Waals surface area contributed by atoms with E-state index in [1.54, 1.807) is 0 Å². The minimum Gasteiger partial charge on any atom is -0.359 e. The smallest absolute Gasteiger partial charge is 0.359 e. The largest absolute Gasteiger partial charge is 0.408 e. The predicted octanol–water partition coefficient (Wildman–Crippen LogP) is 5.13. The third-order valence-corrected chi connectivity index (χ3v) is 8.11. The van der Waals surface area contributed by atoms with Crippen LogP contribution in [0.15, 0.2) is 6.20 Å². The summed E-state index contributed by atoms with van der Waals surface area (Å²) in [4.78, 5) is 0. The Morgan fingerprint density at radius 2 is 1.90 bits per heavy atom. The van der Waals surface area contributed by atoms with E-state index in [0.29, 0.717) is 24.9 Å². The molecule has 0 aromatic carbocycles. The van der Waals surface area contributed by atoms with Gasteiger partial charge in [-0.2, -0.15) is 18.3 Å². The van der Waals surface area contributed by atoms with Crippen molar-refractivity contribution in [2.24, 2.45) is 23.7 Å². The van der Waals surface area contributed by atoms with Crippen molar-refractivity contribution in [3.8, 4) is 0 Å². The van der Waals surface area contributed by atoms with Gasteiger partial charge in [0, 0.05) is 31.0 Å². The molecule has 1 aliphatic heterocycles. The third-order valence-electron chi connectivity index (χ3n) is 8.11. The minimum atomic E-state index is -4.60. The molecule has 0 saturated heterocycles. The monoisotopic (exact) mass is 432 g/mol. The summed E-state index contributed by atoms with van der Waals surface area (Å²) in [5.74, 6) is -0.273. The van der Waals surface area contributed by atoms with Gasteiger partial charge in [-0.25, -0.2) is 13.5 Å². The molecule has 3 aliphatic carbocycles. The molecular formula is C21H29F5N4. The zero-order valence-electron chi connectivity index (χ0n) is 17.3. The maximum Gasteiger partial charge on any atom is 0.408 e. The second-order valence-corrected chi connectivity index (χ2v) is 10.4. The summed E-state index contributed by atoms with van der Waals surface area (Å²) in [6.07, 6.45) is 1.95. The van der Waals surface area contributed by atoms with Crippen molar-refractivity contribution in [1.29, 1.82) is 0 Å². The van der Waals surface area contributed by atoms with Gasteiger partial charge in [-0.1, -0.05) is 6.92 Å². The Labute approximate surface area is 173 Å². The molecule has 7 atom stereocenters. The van der Waals surface area contributed by atoms with E-state index in [1.165, 1.54) is 19.0 Å². The van der Waals surface area contributed by atoms with Gasteiger partial charge in [0.25, 0.3) is 5.92 Å². The molecule has 4 nitrogen and oxygen atoms in total. The highest BCUT2D eigenvalue weighted by Crippen LogP contribution is 2.61. The van der Waals surface area contributed by atoms with Crippen molar-refractivity contribution < 1.29 is 22.0 Å². The maximum absolute atomic E-state index is 14.1. The number of hydrogen-bond acceptors (Lipinski definition) is 3. The van der Waals surface area contributed by atoms with Crippen LogP contribution in [0.4, 0.5) is 27.8 Å². The predicted molar refractivity (Wildman–Crippen MR) is 102 cm³/mol. The molecule has 1 aromatic heterocycles. The standard InChI is InChI=1S/C21H29F5N4/c1-11-3-12-4-13-7-20(6-11,8-15(12)13)27-9-14-10-28-30-17(19(2,22)23)5-16(21(24,25)26)29-18(14)30/h10-13,15-17,27,29H,3-9H2,1-2H3. The normalized spacial score (nSPS) is 40.4. The minimum absolute atomic E-state index is 0.00100. The van der Waals surface area contributed by atoms with E-state index in [1.807, 2.05) is 0 Å². The average Bonchev–Trinajstić information content (AvgIpc) is 3.11. The van der Waals surface area contributed by atoms with Crippen molar-refractivity contribution in [1.82, 2.24) is 15.1 Å². The molecule has 0 amide bonds. The van der Waals surface area contributed by atoms with E-state index in [0.717, 1.165) is 41.7 Å². The lowest BCUT2D eigenvalue weighted by Crippen LogP contribution is -2.47. The molecule has 7 unspecified atom stereocenters. The summed E-state index contributed by atoms with van der Waals surface area (Å²) in [6.45, 7) is 3.28. The van der Waals surface area contributed by atoms with Crippen molar-refractivity contribution in [3.05, 3.63) is 11.8 Å². The Kier molecular flexibility index (Phi) is 4.49. The van der Waals surface area contributed by atoms with Crippen molar-refractivity contribution in [2.75, 3.05) is 5.32 Å². The fourth-order valence-corrected chi connectivity index (χ4v) is 6.84. The van der Waals surface area contributed by atoms with E-state index in [9.17, 15) is 22.0 Å². The quantitative estimate of drug-likeness (QED) is 0.648. The lowest BCUT2D eigenvalue weighted by molar-refractivity contribution is -0.155. The number of nitrogens with zero attached hydrogens (tertiary/aromatic N) is 2. The van der Waals surface area contributed by atoms with E-state index in [2.05, 4.69) is 22.7 Å². The van der Waals surface area contributed by atoms with Crippen molar-refractivity contribution in [2.45, 2.75) is 88.6 Å². The number of rotatable bonds is 4. The van der Waals surface area contributed by atoms with Gasteiger partial charge in [-0.05, 0) is 55.8 Å². The van der Waals surface area contributed by atoms with Crippen LogP contribution in [0.3, 0.4) is 0 Å². The molecule has 2 heterocycles. The Hall–Kier alpha value is -1.38. The molecule has 30 heavy (non-hydrogen) atoms. The number of nitrogens with one attached hydrogen (secondary N) is 2. The highest BCUT2D eigenvalue weighted by molar-refractivity contribution is 5.47. The summed E-state index contributed by atoms with van der Waals surface area (Å²) >= 11 is 0. The molecule has 1 aromatic rings. The number of aromatic nitrogens is 2. The molecule has 5 rings (SSSR count). The van der Waals surface area contributed by atoms with Crippen LogP contribution in [0.2, 0.25) is 0 Å². The number of fused-ring (bicyclic) bond motifs is 2. The molecule has 0 spiro atoms. The molecule has 0 radical (unpaired) electrons. The highest BCUT2D eigenvalue weighted by atomic mass is 19.4. The number of anilines is 1. The highest BCUT2D eigenvalue weighted by Gasteiger charge is 2.56. The number of hydrogen-bond donors (Lipinski definition) is 2. The summed E-state index contributed by atoms with van der Waals surface area (Å²) in [6, 6.07) is -3.62. The van der Waals surface area contributed by atoms with Gasteiger partial charge in [0.1, 0.15) is 17.9 Å². The third kappa shape index (κ3) is 3.31. The second kappa shape index (κ2) is 6.56. The fourth-order valence-electron chi connectivity index (χ4n) is 6.84. The lowest BCUT2D eigenvalue weighted by atomic mass is 9.63. The summed E-state index contributed by atoms with van der Waals surface area (Å²) in [5, 5.41) is 10.2. The molecular weight excluding hydrogens is 403 g/mol. The van der Waals surface area contributed by atoms with Gasteiger partial charge >= 0.3 is 6.18 Å². The van der Waals surface area contributed by atoms with Gasteiger partial charge in [-0.15, -0.1) is 0 Å².